The van der Waals surface area contributed by atoms with Gasteiger partial charge < -0.3 is 4.90 Å². The summed E-state index contributed by atoms with van der Waals surface area (Å²) in [5.74, 6) is 0. The average molecular weight is 281 g/mol. The summed E-state index contributed by atoms with van der Waals surface area (Å²) in [6, 6.07) is 15.7. The predicted molar refractivity (Wildman–Crippen MR) is 94.2 cm³/mol. The van der Waals surface area contributed by atoms with Gasteiger partial charge in [-0.1, -0.05) is 55.7 Å². The first-order chi connectivity index (χ1) is 10.1. The summed E-state index contributed by atoms with van der Waals surface area (Å²) in [5.41, 5.74) is 6.79. The molecule has 0 aromatic heterocycles. The maximum atomic E-state index is 2.35. The molecule has 0 aliphatic rings. The van der Waals surface area contributed by atoms with Crippen LogP contribution in [0.1, 0.15) is 37.3 Å². The highest BCUT2D eigenvalue weighted by atomic mass is 15.1. The van der Waals surface area contributed by atoms with E-state index in [-0.39, 0.29) is 0 Å². The Hall–Kier alpha value is -1.76. The third-order valence-corrected chi connectivity index (χ3v) is 4.02. The molecule has 0 heterocycles. The smallest absolute Gasteiger partial charge is 0.0364 e. The van der Waals surface area contributed by atoms with Gasteiger partial charge in [-0.15, -0.1) is 0 Å². The molecule has 0 aliphatic heterocycles. The number of benzene rings is 2. The first-order valence-electron chi connectivity index (χ1n) is 7.99. The number of hydrogen-bond acceptors (Lipinski definition) is 1. The minimum absolute atomic E-state index is 1.17. The van der Waals surface area contributed by atoms with Crippen molar-refractivity contribution in [3.63, 3.8) is 0 Å². The molecule has 1 nitrogen and oxygen atoms in total. The molecule has 1 heteroatoms. The van der Waals surface area contributed by atoms with E-state index in [1.54, 1.807) is 0 Å². The SMILES string of the molecule is CCCCCc1cc(N(C)C)ccc1-c1ccc(C)cc1. The Morgan fingerprint density at radius 3 is 2.24 bits per heavy atom. The van der Waals surface area contributed by atoms with Crippen molar-refractivity contribution in [1.82, 2.24) is 0 Å². The summed E-state index contributed by atoms with van der Waals surface area (Å²) in [5, 5.41) is 0. The van der Waals surface area contributed by atoms with Gasteiger partial charge in [-0.2, -0.15) is 0 Å². The monoisotopic (exact) mass is 281 g/mol. The van der Waals surface area contributed by atoms with Crippen LogP contribution in [0.5, 0.6) is 0 Å². The molecule has 0 radical (unpaired) electrons. The second-order valence-corrected chi connectivity index (χ2v) is 6.06. The number of nitrogens with zero attached hydrogens (tertiary/aromatic N) is 1. The van der Waals surface area contributed by atoms with E-state index in [1.807, 2.05) is 0 Å². The van der Waals surface area contributed by atoms with Crippen LogP contribution >= 0.6 is 0 Å². The lowest BCUT2D eigenvalue weighted by Crippen LogP contribution is -2.09. The summed E-state index contributed by atoms with van der Waals surface area (Å²) in [6.45, 7) is 4.40. The minimum atomic E-state index is 1.17. The quantitative estimate of drug-likeness (QED) is 0.635. The summed E-state index contributed by atoms with van der Waals surface area (Å²) in [7, 11) is 4.22. The van der Waals surface area contributed by atoms with Crippen LogP contribution in [0.3, 0.4) is 0 Å². The van der Waals surface area contributed by atoms with Gasteiger partial charge in [-0.3, -0.25) is 0 Å². The lowest BCUT2D eigenvalue weighted by atomic mass is 9.94. The normalized spacial score (nSPS) is 10.7. The number of aryl methyl sites for hydroxylation is 2. The fourth-order valence-corrected chi connectivity index (χ4v) is 2.65. The van der Waals surface area contributed by atoms with Gasteiger partial charge in [-0.25, -0.2) is 0 Å². The van der Waals surface area contributed by atoms with Gasteiger partial charge in [0.25, 0.3) is 0 Å². The number of anilines is 1. The van der Waals surface area contributed by atoms with Gasteiger partial charge in [0.05, 0.1) is 0 Å². The van der Waals surface area contributed by atoms with Crippen LogP contribution < -0.4 is 4.90 Å². The van der Waals surface area contributed by atoms with E-state index >= 15 is 0 Å². The van der Waals surface area contributed by atoms with E-state index in [4.69, 9.17) is 0 Å². The minimum Gasteiger partial charge on any atom is -0.378 e. The Morgan fingerprint density at radius 1 is 0.905 bits per heavy atom. The molecular weight excluding hydrogens is 254 g/mol. The second-order valence-electron chi connectivity index (χ2n) is 6.06. The average Bonchev–Trinajstić information content (AvgIpc) is 2.48. The molecule has 2 rings (SSSR count). The van der Waals surface area contributed by atoms with Gasteiger partial charge in [0.2, 0.25) is 0 Å². The molecule has 112 valence electrons. The Labute approximate surface area is 129 Å². The summed E-state index contributed by atoms with van der Waals surface area (Å²) >= 11 is 0. The van der Waals surface area contributed by atoms with Crippen LogP contribution in [-0.2, 0) is 6.42 Å². The van der Waals surface area contributed by atoms with Crippen LogP contribution in [0.15, 0.2) is 42.5 Å². The lowest BCUT2D eigenvalue weighted by Gasteiger charge is -2.17. The van der Waals surface area contributed by atoms with Crippen LogP contribution in [0.25, 0.3) is 11.1 Å². The fraction of sp³-hybridized carbons (Fsp3) is 0.400. The zero-order valence-corrected chi connectivity index (χ0v) is 13.8. The molecule has 0 fully saturated rings. The lowest BCUT2D eigenvalue weighted by molar-refractivity contribution is 0.718. The van der Waals surface area contributed by atoms with Crippen molar-refractivity contribution < 1.29 is 0 Å². The van der Waals surface area contributed by atoms with E-state index in [0.29, 0.717) is 0 Å². The van der Waals surface area contributed by atoms with Crippen molar-refractivity contribution in [3.05, 3.63) is 53.6 Å². The van der Waals surface area contributed by atoms with Gasteiger partial charge >= 0.3 is 0 Å². The molecule has 0 unspecified atom stereocenters. The van der Waals surface area contributed by atoms with Gasteiger partial charge in [-0.05, 0) is 48.6 Å². The van der Waals surface area contributed by atoms with Crippen molar-refractivity contribution in [2.75, 3.05) is 19.0 Å². The van der Waals surface area contributed by atoms with E-state index in [0.717, 1.165) is 0 Å². The second kappa shape index (κ2) is 7.31. The van der Waals surface area contributed by atoms with Crippen LogP contribution in [0.4, 0.5) is 5.69 Å². The van der Waals surface area contributed by atoms with Crippen molar-refractivity contribution in [1.29, 1.82) is 0 Å². The summed E-state index contributed by atoms with van der Waals surface area (Å²) in [4.78, 5) is 2.18. The van der Waals surface area contributed by atoms with Gasteiger partial charge in [0.15, 0.2) is 0 Å². The van der Waals surface area contributed by atoms with Gasteiger partial charge in [0, 0.05) is 19.8 Å². The maximum Gasteiger partial charge on any atom is 0.0364 e. The maximum absolute atomic E-state index is 2.35. The molecule has 0 aliphatic carbocycles. The molecule has 0 amide bonds. The molecule has 0 bridgehead atoms. The molecule has 0 N–H and O–H groups in total. The van der Waals surface area contributed by atoms with Crippen LogP contribution in [0.2, 0.25) is 0 Å². The molecule has 2 aromatic carbocycles. The van der Waals surface area contributed by atoms with E-state index < -0.39 is 0 Å². The molecule has 0 spiro atoms. The zero-order valence-electron chi connectivity index (χ0n) is 13.8. The van der Waals surface area contributed by atoms with Gasteiger partial charge in [0.1, 0.15) is 0 Å². The van der Waals surface area contributed by atoms with E-state index in [2.05, 4.69) is 75.3 Å². The molecular formula is C20H27N. The largest absolute Gasteiger partial charge is 0.378 e. The first kappa shape index (κ1) is 15.6. The highest BCUT2D eigenvalue weighted by Crippen LogP contribution is 2.29. The fourth-order valence-electron chi connectivity index (χ4n) is 2.65. The summed E-state index contributed by atoms with van der Waals surface area (Å²) in [6.07, 6.45) is 5.01. The molecule has 21 heavy (non-hydrogen) atoms. The van der Waals surface area contributed by atoms with Crippen molar-refractivity contribution in [2.45, 2.75) is 39.5 Å². The Balaban J connectivity index is 2.36. The standard InChI is InChI=1S/C20H27N/c1-5-6-7-8-18-15-19(21(3)4)13-14-20(18)17-11-9-16(2)10-12-17/h9-15H,5-8H2,1-4H3. The molecule has 0 atom stereocenters. The zero-order chi connectivity index (χ0) is 15.2. The number of hydrogen-bond donors (Lipinski definition) is 0. The van der Waals surface area contributed by atoms with Crippen molar-refractivity contribution >= 4 is 5.69 Å². The number of rotatable bonds is 6. The first-order valence-corrected chi connectivity index (χ1v) is 7.99. The van der Waals surface area contributed by atoms with Crippen molar-refractivity contribution in [2.24, 2.45) is 0 Å². The molecule has 2 aromatic rings. The predicted octanol–water partition coefficient (Wildman–Crippen LogP) is 5.46. The van der Waals surface area contributed by atoms with Crippen molar-refractivity contribution in [3.8, 4) is 11.1 Å². The van der Waals surface area contributed by atoms with Crippen LogP contribution in [-0.4, -0.2) is 14.1 Å². The highest BCUT2D eigenvalue weighted by Gasteiger charge is 2.07. The Morgan fingerprint density at radius 2 is 1.62 bits per heavy atom. The topological polar surface area (TPSA) is 3.24 Å². The molecule has 0 saturated heterocycles. The highest BCUT2D eigenvalue weighted by molar-refractivity contribution is 5.70. The third-order valence-electron chi connectivity index (χ3n) is 4.02. The third kappa shape index (κ3) is 4.10. The Kier molecular flexibility index (Phi) is 5.44. The van der Waals surface area contributed by atoms with E-state index in [9.17, 15) is 0 Å². The van der Waals surface area contributed by atoms with Crippen LogP contribution in [0, 0.1) is 6.92 Å². The number of unbranched alkanes of at least 4 members (excludes halogenated alkanes) is 2. The summed E-state index contributed by atoms with van der Waals surface area (Å²) < 4.78 is 0. The molecule has 0 saturated carbocycles. The Bertz CT molecular complexity index is 567. The van der Waals surface area contributed by atoms with E-state index in [1.165, 1.54) is 53.6 Å².